The Morgan fingerprint density at radius 2 is 1.73 bits per heavy atom. The van der Waals surface area contributed by atoms with E-state index in [2.05, 4.69) is 34.4 Å². The monoisotopic (exact) mass is 795 g/mol. The molecule has 0 bridgehead atoms. The molecule has 3 aliphatic heterocycles. The van der Waals surface area contributed by atoms with Gasteiger partial charge in [0.05, 0.1) is 36.0 Å². The second kappa shape index (κ2) is 16.6. The largest absolute Gasteiger partial charge is 0.419 e. The van der Waals surface area contributed by atoms with E-state index >= 15 is 0 Å². The van der Waals surface area contributed by atoms with E-state index in [0.717, 1.165) is 67.7 Å². The Morgan fingerprint density at radius 1 is 1.07 bits per heavy atom. The first kappa shape index (κ1) is 41.2. The third-order valence-electron chi connectivity index (χ3n) is 11.8. The van der Waals surface area contributed by atoms with E-state index in [1.165, 1.54) is 6.07 Å². The summed E-state index contributed by atoms with van der Waals surface area (Å²) in [7, 11) is 0. The summed E-state index contributed by atoms with van der Waals surface area (Å²) in [5.41, 5.74) is -1.70. The fourth-order valence-corrected chi connectivity index (χ4v) is 9.38. The van der Waals surface area contributed by atoms with Gasteiger partial charge in [-0.25, -0.2) is 4.98 Å². The number of carbonyl (C=O) groups excluding carboxylic acids is 4. The SMILES string of the molecule is C[C@@H]1C[C@H](OCC[C@H]2CC[C@H](N3C(=S)N(c4cnc(C#N)c(C(F)(F)F)c4)C(=O)C3(C)C)CC2)C[C@H](C)N1CC(=O)Nc1ccc(C2CCC(=O)NC2=O)cc1. The molecule has 56 heavy (non-hydrogen) atoms. The number of pyridine rings is 1. The number of imide groups is 1. The Kier molecular flexibility index (Phi) is 12.2. The zero-order chi connectivity index (χ0) is 40.5. The minimum absolute atomic E-state index is 0.0579. The predicted octanol–water partition coefficient (Wildman–Crippen LogP) is 6.05. The molecule has 2 aromatic rings. The molecule has 4 aliphatic rings. The van der Waals surface area contributed by atoms with Crippen LogP contribution in [0.15, 0.2) is 36.5 Å². The van der Waals surface area contributed by atoms with Crippen LogP contribution in [0.4, 0.5) is 24.5 Å². The fraction of sp³-hybridized carbons (Fsp3) is 0.575. The van der Waals surface area contributed by atoms with Crippen molar-refractivity contribution in [3.63, 3.8) is 0 Å². The molecule has 0 radical (unpaired) electrons. The summed E-state index contributed by atoms with van der Waals surface area (Å²) in [5.74, 6) is -1.07. The number of alkyl halides is 3. The molecule has 3 saturated heterocycles. The third kappa shape index (κ3) is 8.74. The van der Waals surface area contributed by atoms with Gasteiger partial charge >= 0.3 is 6.18 Å². The summed E-state index contributed by atoms with van der Waals surface area (Å²) in [5, 5.41) is 14.6. The lowest BCUT2D eigenvalue weighted by atomic mass is 9.82. The van der Waals surface area contributed by atoms with Crippen LogP contribution < -0.4 is 15.5 Å². The number of halogens is 3. The topological polar surface area (TPSA) is 148 Å². The van der Waals surface area contributed by atoms with Crippen molar-refractivity contribution < 1.29 is 37.1 Å². The van der Waals surface area contributed by atoms with Crippen molar-refractivity contribution >= 4 is 52.3 Å². The fourth-order valence-electron chi connectivity index (χ4n) is 8.81. The summed E-state index contributed by atoms with van der Waals surface area (Å²) in [6.07, 6.45) is 2.94. The van der Waals surface area contributed by atoms with Gasteiger partial charge in [-0.2, -0.15) is 18.4 Å². The van der Waals surface area contributed by atoms with Crippen LogP contribution in [0.2, 0.25) is 0 Å². The number of nitrogens with one attached hydrogen (secondary N) is 2. The van der Waals surface area contributed by atoms with Crippen LogP contribution in [0.3, 0.4) is 0 Å². The van der Waals surface area contributed by atoms with E-state index in [1.54, 1.807) is 26.0 Å². The molecule has 6 rings (SSSR count). The maximum Gasteiger partial charge on any atom is 0.419 e. The third-order valence-corrected chi connectivity index (χ3v) is 12.2. The van der Waals surface area contributed by atoms with Gasteiger partial charge in [-0.15, -0.1) is 0 Å². The molecule has 1 unspecified atom stereocenters. The molecule has 300 valence electrons. The number of carbonyl (C=O) groups is 4. The molecule has 16 heteroatoms. The average Bonchev–Trinajstić information content (AvgIpc) is 3.32. The molecular weight excluding hydrogens is 748 g/mol. The van der Waals surface area contributed by atoms with Gasteiger partial charge in [0.25, 0.3) is 5.91 Å². The molecule has 4 amide bonds. The Hall–Kier alpha value is -4.46. The number of amides is 4. The number of hydrogen-bond donors (Lipinski definition) is 2. The number of aromatic nitrogens is 1. The van der Waals surface area contributed by atoms with Gasteiger partial charge in [0.1, 0.15) is 11.6 Å². The molecule has 1 aromatic carbocycles. The molecule has 4 atom stereocenters. The van der Waals surface area contributed by atoms with Crippen LogP contribution in [-0.2, 0) is 30.1 Å². The quantitative estimate of drug-likeness (QED) is 0.215. The maximum absolute atomic E-state index is 13.7. The Bertz CT molecular complexity index is 1880. The van der Waals surface area contributed by atoms with Gasteiger partial charge in [0.2, 0.25) is 17.7 Å². The van der Waals surface area contributed by atoms with E-state index in [9.17, 15) is 32.3 Å². The Balaban J connectivity index is 0.942. The van der Waals surface area contributed by atoms with Crippen molar-refractivity contribution in [3.05, 3.63) is 53.3 Å². The van der Waals surface area contributed by atoms with E-state index in [4.69, 9.17) is 22.2 Å². The van der Waals surface area contributed by atoms with Crippen molar-refractivity contribution in [1.29, 1.82) is 5.26 Å². The van der Waals surface area contributed by atoms with Gasteiger partial charge in [-0.3, -0.25) is 34.3 Å². The van der Waals surface area contributed by atoms with E-state index < -0.39 is 28.9 Å². The second-order valence-corrected chi connectivity index (χ2v) is 16.4. The molecule has 2 N–H and O–H groups in total. The summed E-state index contributed by atoms with van der Waals surface area (Å²) in [4.78, 5) is 59.2. The number of likely N-dealkylation sites (tertiary alicyclic amines) is 1. The minimum atomic E-state index is -4.82. The lowest BCUT2D eigenvalue weighted by Gasteiger charge is -2.42. The van der Waals surface area contributed by atoms with Crippen molar-refractivity contribution in [2.45, 2.75) is 127 Å². The zero-order valence-corrected chi connectivity index (χ0v) is 32.8. The first-order chi connectivity index (χ1) is 26.5. The van der Waals surface area contributed by atoms with Crippen molar-refractivity contribution in [3.8, 4) is 6.07 Å². The number of hydrogen-bond acceptors (Lipinski definition) is 9. The number of anilines is 2. The first-order valence-electron chi connectivity index (χ1n) is 19.2. The lowest BCUT2D eigenvalue weighted by molar-refractivity contribution is -0.138. The Morgan fingerprint density at radius 3 is 2.34 bits per heavy atom. The van der Waals surface area contributed by atoms with Gasteiger partial charge < -0.3 is 15.0 Å². The predicted molar refractivity (Wildman–Crippen MR) is 205 cm³/mol. The lowest BCUT2D eigenvalue weighted by Crippen LogP contribution is -2.51. The maximum atomic E-state index is 13.7. The summed E-state index contributed by atoms with van der Waals surface area (Å²) in [6.45, 7) is 8.54. The summed E-state index contributed by atoms with van der Waals surface area (Å²) >= 11 is 5.72. The Labute approximate surface area is 330 Å². The number of ether oxygens (including phenoxy) is 1. The van der Waals surface area contributed by atoms with Crippen LogP contribution in [0, 0.1) is 17.2 Å². The zero-order valence-electron chi connectivity index (χ0n) is 32.0. The number of piperidine rings is 2. The van der Waals surface area contributed by atoms with E-state index in [0.29, 0.717) is 31.1 Å². The van der Waals surface area contributed by atoms with E-state index in [1.807, 2.05) is 17.0 Å². The van der Waals surface area contributed by atoms with Crippen molar-refractivity contribution in [2.75, 3.05) is 23.4 Å². The van der Waals surface area contributed by atoms with Crippen LogP contribution in [0.5, 0.6) is 0 Å². The number of rotatable bonds is 10. The summed E-state index contributed by atoms with van der Waals surface area (Å²) < 4.78 is 47.5. The molecule has 4 fully saturated rings. The van der Waals surface area contributed by atoms with Crippen LogP contribution in [0.25, 0.3) is 0 Å². The highest BCUT2D eigenvalue weighted by Crippen LogP contribution is 2.41. The number of nitrogens with zero attached hydrogens (tertiary/aromatic N) is 5. The van der Waals surface area contributed by atoms with Crippen LogP contribution in [-0.4, -0.2) is 86.4 Å². The highest BCUT2D eigenvalue weighted by Gasteiger charge is 2.53. The molecule has 1 aromatic heterocycles. The molecule has 0 spiro atoms. The van der Waals surface area contributed by atoms with Crippen LogP contribution in [0.1, 0.15) is 108 Å². The highest BCUT2D eigenvalue weighted by atomic mass is 32.1. The molecule has 12 nitrogen and oxygen atoms in total. The number of thiocarbonyl (C=S) groups is 1. The van der Waals surface area contributed by atoms with E-state index in [-0.39, 0.29) is 65.2 Å². The summed E-state index contributed by atoms with van der Waals surface area (Å²) in [6, 6.07) is 9.63. The molecule has 1 saturated carbocycles. The standard InChI is InChI=1S/C40H48F3N7O5S/c1-23-17-30(18-24(2)48(23)22-35(52)46-27-9-7-26(8-10-27)31-13-14-34(51)47-36(31)53)55-16-15-25-5-11-28(12-6-25)50-38(56)49(37(54)39(50,3)4)29-19-32(40(41,42)43)33(20-44)45-21-29/h7-10,19,21,23-25,28,30-31H,5-6,11-18,22H2,1-4H3,(H,46,52)(H,47,51,53)/t23-,24+,25-,28-,30+,31?. The number of nitriles is 1. The van der Waals surface area contributed by atoms with Crippen molar-refractivity contribution in [1.82, 2.24) is 20.1 Å². The van der Waals surface area contributed by atoms with Gasteiger partial charge in [0, 0.05) is 36.8 Å². The smallest absolute Gasteiger partial charge is 0.378 e. The normalized spacial score (nSPS) is 27.2. The van der Waals surface area contributed by atoms with Gasteiger partial charge in [-0.05, 0) is 121 Å². The average molecular weight is 796 g/mol. The molecule has 4 heterocycles. The molecular formula is C40H48F3N7O5S. The second-order valence-electron chi connectivity index (χ2n) is 16.0. The van der Waals surface area contributed by atoms with Gasteiger partial charge in [0.15, 0.2) is 10.8 Å². The first-order valence-corrected chi connectivity index (χ1v) is 19.6. The van der Waals surface area contributed by atoms with Crippen LogP contribution >= 0.6 is 12.2 Å². The number of benzene rings is 1. The van der Waals surface area contributed by atoms with Crippen molar-refractivity contribution in [2.24, 2.45) is 5.92 Å². The van der Waals surface area contributed by atoms with Gasteiger partial charge in [-0.1, -0.05) is 12.1 Å². The minimum Gasteiger partial charge on any atom is -0.378 e. The highest BCUT2D eigenvalue weighted by molar-refractivity contribution is 7.80. The molecule has 1 aliphatic carbocycles.